The van der Waals surface area contributed by atoms with Crippen LogP contribution in [0.2, 0.25) is 0 Å². The molecule has 0 atom stereocenters. The lowest BCUT2D eigenvalue weighted by Gasteiger charge is -2.23. The summed E-state index contributed by atoms with van der Waals surface area (Å²) in [7, 11) is 0. The van der Waals surface area contributed by atoms with Crippen molar-refractivity contribution in [2.75, 3.05) is 5.73 Å². The Hall–Kier alpha value is -1.52. The van der Waals surface area contributed by atoms with Crippen molar-refractivity contribution in [3.05, 3.63) is 5.69 Å². The minimum atomic E-state index is -0.0851. The van der Waals surface area contributed by atoms with E-state index in [-0.39, 0.29) is 5.54 Å². The molecule has 0 bridgehead atoms. The Morgan fingerprint density at radius 1 is 1.31 bits per heavy atom. The molecule has 2 heterocycles. The maximum absolute atomic E-state index is 5.99. The first-order valence-corrected chi connectivity index (χ1v) is 5.58. The number of hydrogen-bond donors (Lipinski definition) is 1. The van der Waals surface area contributed by atoms with Crippen molar-refractivity contribution in [2.24, 2.45) is 0 Å². The monoisotopic (exact) mass is 221 g/mol. The lowest BCUT2D eigenvalue weighted by molar-refractivity contribution is 0.405. The van der Waals surface area contributed by atoms with Crippen molar-refractivity contribution in [2.45, 2.75) is 46.7 Å². The zero-order valence-corrected chi connectivity index (χ0v) is 10.6. The molecule has 0 radical (unpaired) electrons. The molecule has 0 spiro atoms. The van der Waals surface area contributed by atoms with E-state index in [0.29, 0.717) is 5.95 Å². The van der Waals surface area contributed by atoms with Gasteiger partial charge in [-0.1, -0.05) is 0 Å². The molecule has 2 aromatic heterocycles. The summed E-state index contributed by atoms with van der Waals surface area (Å²) in [4.78, 5) is 4.41. The first-order valence-electron chi connectivity index (χ1n) is 5.58. The van der Waals surface area contributed by atoms with E-state index < -0.39 is 0 Å². The highest BCUT2D eigenvalue weighted by molar-refractivity contribution is 5.78. The number of hydrogen-bond acceptors (Lipinski definition) is 3. The standard InChI is InChI=1S/C11H19N5/c1-6-15-9-8(7(2)14-15)13-10(12)16(9)11(3,4)5/h6H2,1-5H3,(H2,12,13). The van der Waals surface area contributed by atoms with Crippen LogP contribution in [0.4, 0.5) is 5.95 Å². The van der Waals surface area contributed by atoms with E-state index in [4.69, 9.17) is 5.73 Å². The Morgan fingerprint density at radius 2 is 1.94 bits per heavy atom. The van der Waals surface area contributed by atoms with Crippen LogP contribution in [-0.2, 0) is 12.1 Å². The highest BCUT2D eigenvalue weighted by Crippen LogP contribution is 2.27. The molecule has 0 aliphatic heterocycles. The van der Waals surface area contributed by atoms with Gasteiger partial charge in [-0.3, -0.25) is 4.57 Å². The van der Waals surface area contributed by atoms with Gasteiger partial charge in [0.15, 0.2) is 5.65 Å². The molecule has 2 aromatic rings. The van der Waals surface area contributed by atoms with Crippen LogP contribution in [0.3, 0.4) is 0 Å². The Kier molecular flexibility index (Phi) is 2.22. The quantitative estimate of drug-likeness (QED) is 0.800. The van der Waals surface area contributed by atoms with Crippen molar-refractivity contribution < 1.29 is 0 Å². The number of nitrogens with zero attached hydrogens (tertiary/aromatic N) is 4. The van der Waals surface area contributed by atoms with Crippen LogP contribution < -0.4 is 5.73 Å². The van der Waals surface area contributed by atoms with Gasteiger partial charge in [-0.15, -0.1) is 0 Å². The summed E-state index contributed by atoms with van der Waals surface area (Å²) in [6, 6.07) is 0. The molecule has 5 heteroatoms. The maximum Gasteiger partial charge on any atom is 0.203 e. The van der Waals surface area contributed by atoms with Crippen molar-refractivity contribution in [1.82, 2.24) is 19.3 Å². The highest BCUT2D eigenvalue weighted by Gasteiger charge is 2.24. The number of imidazole rings is 1. The topological polar surface area (TPSA) is 61.7 Å². The Labute approximate surface area is 95.3 Å². The second-order valence-electron chi connectivity index (χ2n) is 5.05. The van der Waals surface area contributed by atoms with Crippen molar-refractivity contribution in [3.63, 3.8) is 0 Å². The third-order valence-electron chi connectivity index (χ3n) is 2.71. The molecule has 0 unspecified atom stereocenters. The summed E-state index contributed by atoms with van der Waals surface area (Å²) in [6.45, 7) is 11.2. The zero-order valence-electron chi connectivity index (χ0n) is 10.6. The lowest BCUT2D eigenvalue weighted by atomic mass is 10.1. The van der Waals surface area contributed by atoms with Crippen LogP contribution in [0, 0.1) is 6.92 Å². The fraction of sp³-hybridized carbons (Fsp3) is 0.636. The van der Waals surface area contributed by atoms with Crippen LogP contribution in [0.1, 0.15) is 33.4 Å². The molecule has 88 valence electrons. The highest BCUT2D eigenvalue weighted by atomic mass is 15.4. The van der Waals surface area contributed by atoms with E-state index in [9.17, 15) is 0 Å². The van der Waals surface area contributed by atoms with E-state index in [0.717, 1.165) is 23.4 Å². The number of nitrogen functional groups attached to an aromatic ring is 1. The van der Waals surface area contributed by atoms with Crippen LogP contribution in [0.15, 0.2) is 0 Å². The fourth-order valence-corrected chi connectivity index (χ4v) is 2.07. The van der Waals surface area contributed by atoms with E-state index >= 15 is 0 Å². The van der Waals surface area contributed by atoms with Crippen LogP contribution in [-0.4, -0.2) is 19.3 Å². The molecule has 0 aromatic carbocycles. The fourth-order valence-electron chi connectivity index (χ4n) is 2.07. The van der Waals surface area contributed by atoms with Gasteiger partial charge >= 0.3 is 0 Å². The number of nitrogens with two attached hydrogens (primary N) is 1. The number of aromatic nitrogens is 4. The van der Waals surface area contributed by atoms with Crippen molar-refractivity contribution in [3.8, 4) is 0 Å². The molecular formula is C11H19N5. The molecule has 5 nitrogen and oxygen atoms in total. The van der Waals surface area contributed by atoms with Gasteiger partial charge in [-0.2, -0.15) is 5.10 Å². The molecular weight excluding hydrogens is 202 g/mol. The SMILES string of the molecule is CCn1nc(C)c2nc(N)n(C(C)(C)C)c21. The lowest BCUT2D eigenvalue weighted by Crippen LogP contribution is -2.24. The molecule has 0 fully saturated rings. The van der Waals surface area contributed by atoms with Gasteiger partial charge in [0, 0.05) is 12.1 Å². The molecule has 0 aliphatic carbocycles. The van der Waals surface area contributed by atoms with Crippen LogP contribution in [0.25, 0.3) is 11.2 Å². The van der Waals surface area contributed by atoms with Crippen LogP contribution in [0.5, 0.6) is 0 Å². The summed E-state index contributed by atoms with van der Waals surface area (Å²) in [6.07, 6.45) is 0. The average Bonchev–Trinajstić information content (AvgIpc) is 2.62. The molecule has 2 rings (SSSR count). The molecule has 16 heavy (non-hydrogen) atoms. The first kappa shape index (κ1) is 11.0. The van der Waals surface area contributed by atoms with Gasteiger partial charge in [-0.25, -0.2) is 9.67 Å². The second kappa shape index (κ2) is 3.23. The van der Waals surface area contributed by atoms with Crippen molar-refractivity contribution >= 4 is 17.1 Å². The predicted molar refractivity (Wildman–Crippen MR) is 65.3 cm³/mol. The van der Waals surface area contributed by atoms with Gasteiger partial charge in [0.05, 0.1) is 5.69 Å². The van der Waals surface area contributed by atoms with Gasteiger partial charge in [0.25, 0.3) is 0 Å². The third-order valence-corrected chi connectivity index (χ3v) is 2.71. The first-order chi connectivity index (χ1) is 7.36. The van der Waals surface area contributed by atoms with E-state index in [1.807, 2.05) is 16.2 Å². The van der Waals surface area contributed by atoms with Gasteiger partial charge in [0.1, 0.15) is 5.52 Å². The minimum Gasteiger partial charge on any atom is -0.369 e. The normalized spacial score (nSPS) is 12.6. The molecule has 2 N–H and O–H groups in total. The Morgan fingerprint density at radius 3 is 2.44 bits per heavy atom. The summed E-state index contributed by atoms with van der Waals surface area (Å²) in [5.74, 6) is 0.560. The average molecular weight is 221 g/mol. The summed E-state index contributed by atoms with van der Waals surface area (Å²) >= 11 is 0. The second-order valence-corrected chi connectivity index (χ2v) is 5.05. The summed E-state index contributed by atoms with van der Waals surface area (Å²) in [5, 5.41) is 4.46. The number of fused-ring (bicyclic) bond motifs is 1. The predicted octanol–water partition coefficient (Wildman–Crippen LogP) is 1.90. The van der Waals surface area contributed by atoms with E-state index in [2.05, 4.69) is 37.8 Å². The van der Waals surface area contributed by atoms with Crippen LogP contribution >= 0.6 is 0 Å². The molecule has 0 saturated heterocycles. The number of rotatable bonds is 1. The zero-order chi connectivity index (χ0) is 12.1. The smallest absolute Gasteiger partial charge is 0.203 e. The minimum absolute atomic E-state index is 0.0851. The molecule has 0 saturated carbocycles. The van der Waals surface area contributed by atoms with Crippen molar-refractivity contribution in [1.29, 1.82) is 0 Å². The van der Waals surface area contributed by atoms with Gasteiger partial charge in [-0.05, 0) is 34.6 Å². The maximum atomic E-state index is 5.99. The largest absolute Gasteiger partial charge is 0.369 e. The van der Waals surface area contributed by atoms with E-state index in [1.165, 1.54) is 0 Å². The number of aryl methyl sites for hydroxylation is 2. The molecule has 0 amide bonds. The summed E-state index contributed by atoms with van der Waals surface area (Å²) < 4.78 is 4.01. The Bertz CT molecular complexity index is 527. The number of anilines is 1. The summed E-state index contributed by atoms with van der Waals surface area (Å²) in [5.41, 5.74) is 8.77. The third kappa shape index (κ3) is 1.38. The van der Waals surface area contributed by atoms with E-state index in [1.54, 1.807) is 0 Å². The van der Waals surface area contributed by atoms with Gasteiger partial charge < -0.3 is 5.73 Å². The Balaban J connectivity index is 2.86. The van der Waals surface area contributed by atoms with Gasteiger partial charge in [0.2, 0.25) is 5.95 Å². The molecule has 0 aliphatic rings.